The summed E-state index contributed by atoms with van der Waals surface area (Å²) in [6, 6.07) is 12.3. The van der Waals surface area contributed by atoms with Gasteiger partial charge in [-0.15, -0.1) is 4.40 Å². The van der Waals surface area contributed by atoms with Crippen LogP contribution in [0.5, 0.6) is 0 Å². The molecule has 11 heteroatoms. The van der Waals surface area contributed by atoms with Gasteiger partial charge in [-0.25, -0.2) is 5.01 Å². The van der Waals surface area contributed by atoms with Gasteiger partial charge in [0.25, 0.3) is 15.7 Å². The van der Waals surface area contributed by atoms with E-state index in [-0.39, 0.29) is 40.9 Å². The molecule has 2 aromatic carbocycles. The normalized spacial score (nSPS) is 14.7. The number of amides is 1. The first-order chi connectivity index (χ1) is 15.0. The molecule has 168 valence electrons. The van der Waals surface area contributed by atoms with Crippen molar-refractivity contribution in [2.24, 2.45) is 9.50 Å². The number of fused-ring (bicyclic) bond motifs is 1. The van der Waals surface area contributed by atoms with E-state index in [9.17, 15) is 23.3 Å². The van der Waals surface area contributed by atoms with Crippen molar-refractivity contribution in [2.45, 2.75) is 37.6 Å². The Balaban J connectivity index is 1.96. The minimum Gasteiger partial charge on any atom is -0.351 e. The summed E-state index contributed by atoms with van der Waals surface area (Å²) in [5, 5.41) is 19.7. The van der Waals surface area contributed by atoms with Gasteiger partial charge in [0, 0.05) is 23.6 Å². The molecule has 1 aliphatic rings. The molecule has 2 aromatic rings. The fourth-order valence-corrected chi connectivity index (χ4v) is 4.28. The summed E-state index contributed by atoms with van der Waals surface area (Å²) in [6.07, 6.45) is 1.27. The fourth-order valence-electron chi connectivity index (χ4n) is 3.08. The largest absolute Gasteiger partial charge is 0.351 e. The van der Waals surface area contributed by atoms with Crippen LogP contribution < -0.4 is 5.32 Å². The summed E-state index contributed by atoms with van der Waals surface area (Å²) in [7, 11) is -3.91. The second-order valence-electron chi connectivity index (χ2n) is 8.12. The summed E-state index contributed by atoms with van der Waals surface area (Å²) >= 11 is 0. The van der Waals surface area contributed by atoms with Crippen molar-refractivity contribution in [3.63, 3.8) is 0 Å². The Morgan fingerprint density at radius 2 is 1.84 bits per heavy atom. The third-order valence-corrected chi connectivity index (χ3v) is 5.72. The van der Waals surface area contributed by atoms with Crippen LogP contribution in [0.4, 0.5) is 5.69 Å². The van der Waals surface area contributed by atoms with Crippen LogP contribution in [0.2, 0.25) is 0 Å². The zero-order valence-corrected chi connectivity index (χ0v) is 18.7. The van der Waals surface area contributed by atoms with E-state index in [0.717, 1.165) is 0 Å². The standard InChI is InChI=1S/C21H23N5O5S/c1-21(2,3)23-19(27)12-13-25(22-14-15-8-4-6-10-17(15)26(28)29)20-16-9-5-7-11-18(16)32(30,31)24-20/h4-11,14H,12-13H2,1-3H3,(H,23,27). The molecule has 1 aliphatic heterocycles. The topological polar surface area (TPSA) is 134 Å². The van der Waals surface area contributed by atoms with Crippen molar-refractivity contribution in [2.75, 3.05) is 6.54 Å². The molecule has 1 heterocycles. The summed E-state index contributed by atoms with van der Waals surface area (Å²) in [5.74, 6) is -0.197. The van der Waals surface area contributed by atoms with E-state index in [0.29, 0.717) is 5.56 Å². The molecule has 0 saturated carbocycles. The second-order valence-corrected chi connectivity index (χ2v) is 9.69. The van der Waals surface area contributed by atoms with Crippen molar-refractivity contribution >= 4 is 33.7 Å². The van der Waals surface area contributed by atoms with Gasteiger partial charge in [-0.1, -0.05) is 24.3 Å². The van der Waals surface area contributed by atoms with Crippen LogP contribution in [-0.2, 0) is 14.8 Å². The van der Waals surface area contributed by atoms with Crippen LogP contribution in [0.15, 0.2) is 62.9 Å². The van der Waals surface area contributed by atoms with Crippen molar-refractivity contribution in [3.8, 4) is 0 Å². The highest BCUT2D eigenvalue weighted by atomic mass is 32.2. The first kappa shape index (κ1) is 23.1. The van der Waals surface area contributed by atoms with E-state index in [4.69, 9.17) is 0 Å². The highest BCUT2D eigenvalue weighted by Gasteiger charge is 2.32. The number of nitrogens with zero attached hydrogens (tertiary/aromatic N) is 4. The molecule has 0 unspecified atom stereocenters. The maximum absolute atomic E-state index is 12.5. The van der Waals surface area contributed by atoms with Crippen molar-refractivity contribution in [3.05, 3.63) is 69.8 Å². The molecule has 3 rings (SSSR count). The summed E-state index contributed by atoms with van der Waals surface area (Å²) in [5.41, 5.74) is -0.000658. The van der Waals surface area contributed by atoms with Gasteiger partial charge in [0.1, 0.15) is 4.90 Å². The van der Waals surface area contributed by atoms with Gasteiger partial charge in [-0.05, 0) is 39.0 Å². The third kappa shape index (κ3) is 5.35. The first-order valence-electron chi connectivity index (χ1n) is 9.78. The van der Waals surface area contributed by atoms with E-state index < -0.39 is 20.5 Å². The van der Waals surface area contributed by atoms with Crippen LogP contribution >= 0.6 is 0 Å². The highest BCUT2D eigenvalue weighted by molar-refractivity contribution is 7.90. The maximum atomic E-state index is 12.5. The molecular weight excluding hydrogens is 434 g/mol. The smallest absolute Gasteiger partial charge is 0.285 e. The van der Waals surface area contributed by atoms with Crippen LogP contribution in [0.25, 0.3) is 0 Å². The zero-order chi connectivity index (χ0) is 23.5. The number of hydrogen-bond donors (Lipinski definition) is 1. The first-order valence-corrected chi connectivity index (χ1v) is 11.2. The van der Waals surface area contributed by atoms with Crippen molar-refractivity contribution in [1.82, 2.24) is 10.3 Å². The van der Waals surface area contributed by atoms with Crippen molar-refractivity contribution in [1.29, 1.82) is 0 Å². The number of hydrogen-bond acceptors (Lipinski definition) is 7. The van der Waals surface area contributed by atoms with Gasteiger partial charge >= 0.3 is 0 Å². The highest BCUT2D eigenvalue weighted by Crippen LogP contribution is 2.28. The Morgan fingerprint density at radius 3 is 2.53 bits per heavy atom. The number of nitrogens with one attached hydrogen (secondary N) is 1. The van der Waals surface area contributed by atoms with Gasteiger partial charge < -0.3 is 5.32 Å². The second kappa shape index (κ2) is 8.87. The average molecular weight is 458 g/mol. The van der Waals surface area contributed by atoms with Gasteiger partial charge in [0.15, 0.2) is 5.84 Å². The number of sulfonamides is 1. The molecule has 0 fully saturated rings. The summed E-state index contributed by atoms with van der Waals surface area (Å²) < 4.78 is 28.8. The molecule has 0 aliphatic carbocycles. The minimum atomic E-state index is -3.91. The molecule has 0 aromatic heterocycles. The Bertz CT molecular complexity index is 1220. The predicted molar refractivity (Wildman–Crippen MR) is 120 cm³/mol. The van der Waals surface area contributed by atoms with Gasteiger partial charge in [0.2, 0.25) is 5.91 Å². The number of amidine groups is 1. The lowest BCUT2D eigenvalue weighted by Gasteiger charge is -2.22. The average Bonchev–Trinajstić information content (AvgIpc) is 2.98. The lowest BCUT2D eigenvalue weighted by Crippen LogP contribution is -2.42. The molecule has 0 bridgehead atoms. The predicted octanol–water partition coefficient (Wildman–Crippen LogP) is 2.68. The molecule has 1 N–H and O–H groups in total. The lowest BCUT2D eigenvalue weighted by atomic mass is 10.1. The quantitative estimate of drug-likeness (QED) is 0.403. The molecular formula is C21H23N5O5S. The molecule has 1 amide bonds. The van der Waals surface area contributed by atoms with Gasteiger partial charge in [0.05, 0.1) is 23.2 Å². The SMILES string of the molecule is CC(C)(C)NC(=O)CCN(N=Cc1ccccc1[N+](=O)[O-])C1=NS(=O)(=O)c2ccccc21. The number of para-hydroxylation sites is 1. The number of rotatable bonds is 6. The molecule has 32 heavy (non-hydrogen) atoms. The lowest BCUT2D eigenvalue weighted by molar-refractivity contribution is -0.385. The Labute approximate surface area is 185 Å². The Kier molecular flexibility index (Phi) is 6.40. The zero-order valence-electron chi connectivity index (χ0n) is 17.8. The van der Waals surface area contributed by atoms with Crippen LogP contribution in [0, 0.1) is 10.1 Å². The molecule has 0 saturated heterocycles. The molecule has 0 atom stereocenters. The monoisotopic (exact) mass is 457 g/mol. The maximum Gasteiger partial charge on any atom is 0.285 e. The van der Waals surface area contributed by atoms with Crippen LogP contribution in [-0.4, -0.2) is 48.4 Å². The number of hydrazone groups is 1. The Morgan fingerprint density at radius 1 is 1.19 bits per heavy atom. The summed E-state index contributed by atoms with van der Waals surface area (Å²) in [6.45, 7) is 5.55. The van der Waals surface area contributed by atoms with Crippen molar-refractivity contribution < 1.29 is 18.1 Å². The van der Waals surface area contributed by atoms with E-state index in [2.05, 4.69) is 14.8 Å². The molecule has 0 spiro atoms. The van der Waals surface area contributed by atoms with Gasteiger partial charge in [-0.3, -0.25) is 14.9 Å². The number of nitro benzene ring substituents is 1. The van der Waals surface area contributed by atoms with E-state index >= 15 is 0 Å². The minimum absolute atomic E-state index is 0.00667. The fraction of sp³-hybridized carbons (Fsp3) is 0.286. The number of benzene rings is 2. The van der Waals surface area contributed by atoms with Crippen LogP contribution in [0.3, 0.4) is 0 Å². The molecule has 10 nitrogen and oxygen atoms in total. The third-order valence-electron chi connectivity index (χ3n) is 4.39. The number of carbonyl (C=O) groups excluding carboxylic acids is 1. The van der Waals surface area contributed by atoms with Crippen LogP contribution in [0.1, 0.15) is 38.3 Å². The van der Waals surface area contributed by atoms with E-state index in [1.165, 1.54) is 35.5 Å². The summed E-state index contributed by atoms with van der Waals surface area (Å²) in [4.78, 5) is 23.1. The Hall–Kier alpha value is -3.60. The van der Waals surface area contributed by atoms with E-state index in [1.807, 2.05) is 20.8 Å². The number of nitro groups is 1. The molecule has 0 radical (unpaired) electrons. The van der Waals surface area contributed by atoms with E-state index in [1.54, 1.807) is 24.3 Å². The number of carbonyl (C=O) groups is 1. The van der Waals surface area contributed by atoms with Gasteiger partial charge in [-0.2, -0.15) is 13.5 Å².